The van der Waals surface area contributed by atoms with E-state index < -0.39 is 17.9 Å². The van der Waals surface area contributed by atoms with Crippen LogP contribution < -0.4 is 15.4 Å². The van der Waals surface area contributed by atoms with Crippen molar-refractivity contribution in [3.05, 3.63) is 65.7 Å². The number of amides is 1. The summed E-state index contributed by atoms with van der Waals surface area (Å²) in [6.45, 7) is 0. The van der Waals surface area contributed by atoms with E-state index >= 15 is 0 Å². The maximum absolute atomic E-state index is 12.1. The standard InChI is InChI=1S/C18H18N2O4S.CH4O/c1-24-14-9-7-13(8-10-14)16(21)20-18(25)19-15(17(22)23)11-12-5-3-2-4-6-12;1-2/h2-10,15H,11H2,1H3,(H,22,23)(H2,19,20,21,25);2H,1H3/t15-;/m0./s1. The Hall–Kier alpha value is -2.97. The summed E-state index contributed by atoms with van der Waals surface area (Å²) in [7, 11) is 2.53. The first-order valence-electron chi connectivity index (χ1n) is 7.97. The number of aliphatic hydroxyl groups excluding tert-OH is 1. The molecular weight excluding hydrogens is 368 g/mol. The molecule has 7 nitrogen and oxygen atoms in total. The fraction of sp³-hybridized carbons (Fsp3) is 0.211. The zero-order valence-corrected chi connectivity index (χ0v) is 15.8. The van der Waals surface area contributed by atoms with Gasteiger partial charge in [0, 0.05) is 19.1 Å². The topological polar surface area (TPSA) is 108 Å². The van der Waals surface area contributed by atoms with Crippen LogP contribution in [0.5, 0.6) is 5.75 Å². The molecule has 0 aliphatic heterocycles. The minimum Gasteiger partial charge on any atom is -0.497 e. The van der Waals surface area contributed by atoms with Gasteiger partial charge in [-0.05, 0) is 42.0 Å². The van der Waals surface area contributed by atoms with Gasteiger partial charge < -0.3 is 20.3 Å². The summed E-state index contributed by atoms with van der Waals surface area (Å²) in [6, 6.07) is 14.7. The van der Waals surface area contributed by atoms with Crippen molar-refractivity contribution in [2.75, 3.05) is 14.2 Å². The lowest BCUT2D eigenvalue weighted by molar-refractivity contribution is -0.139. The molecule has 1 amide bonds. The molecule has 0 radical (unpaired) electrons. The predicted octanol–water partition coefficient (Wildman–Crippen LogP) is 1.60. The van der Waals surface area contributed by atoms with Crippen molar-refractivity contribution in [1.82, 2.24) is 10.6 Å². The molecule has 144 valence electrons. The average Bonchev–Trinajstić information content (AvgIpc) is 2.69. The Labute approximate surface area is 163 Å². The molecule has 8 heteroatoms. The van der Waals surface area contributed by atoms with Crippen LogP contribution in [-0.2, 0) is 11.2 Å². The van der Waals surface area contributed by atoms with E-state index in [1.807, 2.05) is 30.3 Å². The van der Waals surface area contributed by atoms with Gasteiger partial charge in [0.15, 0.2) is 5.11 Å². The van der Waals surface area contributed by atoms with Crippen molar-refractivity contribution >= 4 is 29.2 Å². The normalized spacial score (nSPS) is 10.6. The number of carboxylic acid groups (broad SMARTS) is 1. The zero-order chi connectivity index (χ0) is 20.2. The molecule has 2 aromatic rings. The van der Waals surface area contributed by atoms with Crippen LogP contribution in [0.25, 0.3) is 0 Å². The monoisotopic (exact) mass is 390 g/mol. The molecule has 0 saturated carbocycles. The molecule has 4 N–H and O–H groups in total. The van der Waals surface area contributed by atoms with Gasteiger partial charge in [0.25, 0.3) is 5.91 Å². The lowest BCUT2D eigenvalue weighted by Gasteiger charge is -2.17. The number of carbonyl (C=O) groups is 2. The van der Waals surface area contributed by atoms with Gasteiger partial charge in [-0.3, -0.25) is 10.1 Å². The summed E-state index contributed by atoms with van der Waals surface area (Å²) in [4.78, 5) is 23.6. The van der Waals surface area contributed by atoms with E-state index in [-0.39, 0.29) is 11.5 Å². The highest BCUT2D eigenvalue weighted by molar-refractivity contribution is 7.80. The lowest BCUT2D eigenvalue weighted by atomic mass is 10.1. The maximum Gasteiger partial charge on any atom is 0.326 e. The number of rotatable bonds is 6. The molecule has 2 aromatic carbocycles. The first-order chi connectivity index (χ1) is 13.0. The molecule has 0 bridgehead atoms. The van der Waals surface area contributed by atoms with Crippen molar-refractivity contribution in [1.29, 1.82) is 0 Å². The fourth-order valence-corrected chi connectivity index (χ4v) is 2.40. The van der Waals surface area contributed by atoms with Crippen LogP contribution in [0, 0.1) is 0 Å². The van der Waals surface area contributed by atoms with Gasteiger partial charge in [-0.2, -0.15) is 0 Å². The Morgan fingerprint density at radius 2 is 1.67 bits per heavy atom. The minimum absolute atomic E-state index is 0.0378. The molecule has 0 unspecified atom stereocenters. The van der Waals surface area contributed by atoms with Gasteiger partial charge in [-0.25, -0.2) is 4.79 Å². The lowest BCUT2D eigenvalue weighted by Crippen LogP contribution is -2.48. The van der Waals surface area contributed by atoms with E-state index in [1.165, 1.54) is 7.11 Å². The second-order valence-electron chi connectivity index (χ2n) is 5.24. The van der Waals surface area contributed by atoms with Gasteiger partial charge in [0.1, 0.15) is 11.8 Å². The Kier molecular flexibility index (Phi) is 9.49. The molecule has 27 heavy (non-hydrogen) atoms. The highest BCUT2D eigenvalue weighted by Crippen LogP contribution is 2.11. The van der Waals surface area contributed by atoms with Gasteiger partial charge in [-0.1, -0.05) is 30.3 Å². The summed E-state index contributed by atoms with van der Waals surface area (Å²) in [5.41, 5.74) is 1.24. The Bertz CT molecular complexity index is 750. The number of nitrogens with one attached hydrogen (secondary N) is 2. The van der Waals surface area contributed by atoms with Crippen LogP contribution >= 0.6 is 12.2 Å². The van der Waals surface area contributed by atoms with Crippen LogP contribution in [-0.4, -0.2) is 47.5 Å². The number of carboxylic acids is 1. The highest BCUT2D eigenvalue weighted by Gasteiger charge is 2.20. The van der Waals surface area contributed by atoms with Crippen molar-refractivity contribution in [3.63, 3.8) is 0 Å². The molecule has 0 heterocycles. The summed E-state index contributed by atoms with van der Waals surface area (Å²) < 4.78 is 5.03. The SMILES string of the molecule is CO.COc1ccc(C(=O)NC(=S)N[C@@H](Cc2ccccc2)C(=O)O)cc1. The molecule has 0 fully saturated rings. The van der Waals surface area contributed by atoms with Gasteiger partial charge in [0.05, 0.1) is 7.11 Å². The van der Waals surface area contributed by atoms with Crippen LogP contribution in [0.1, 0.15) is 15.9 Å². The molecule has 0 spiro atoms. The van der Waals surface area contributed by atoms with Gasteiger partial charge in [-0.15, -0.1) is 0 Å². The third-order valence-corrected chi connectivity index (χ3v) is 3.69. The van der Waals surface area contributed by atoms with E-state index in [1.54, 1.807) is 24.3 Å². The number of hydrogen-bond donors (Lipinski definition) is 4. The minimum atomic E-state index is -1.05. The molecule has 0 saturated heterocycles. The Morgan fingerprint density at radius 1 is 1.07 bits per heavy atom. The van der Waals surface area contributed by atoms with Crippen LogP contribution in [0.15, 0.2) is 54.6 Å². The summed E-state index contributed by atoms with van der Waals surface area (Å²) in [5, 5.41) is 21.5. The number of methoxy groups -OCH3 is 1. The molecule has 0 aliphatic rings. The number of ether oxygens (including phenoxy) is 1. The third kappa shape index (κ3) is 7.43. The van der Waals surface area contributed by atoms with Crippen molar-refractivity contribution in [2.24, 2.45) is 0 Å². The third-order valence-electron chi connectivity index (χ3n) is 3.47. The van der Waals surface area contributed by atoms with E-state index in [0.717, 1.165) is 12.7 Å². The van der Waals surface area contributed by atoms with Crippen molar-refractivity contribution < 1.29 is 24.5 Å². The number of thiocarbonyl (C=S) groups is 1. The zero-order valence-electron chi connectivity index (χ0n) is 15.0. The second-order valence-corrected chi connectivity index (χ2v) is 5.64. The number of aliphatic carboxylic acids is 1. The smallest absolute Gasteiger partial charge is 0.326 e. The average molecular weight is 390 g/mol. The Balaban J connectivity index is 0.00000176. The number of hydrogen-bond acceptors (Lipinski definition) is 5. The Morgan fingerprint density at radius 3 is 2.19 bits per heavy atom. The highest BCUT2D eigenvalue weighted by atomic mass is 32.1. The van der Waals surface area contributed by atoms with Gasteiger partial charge in [0.2, 0.25) is 0 Å². The summed E-state index contributed by atoms with van der Waals surface area (Å²) in [6.07, 6.45) is 0.245. The van der Waals surface area contributed by atoms with Crippen molar-refractivity contribution in [3.8, 4) is 5.75 Å². The molecule has 0 aromatic heterocycles. The van der Waals surface area contributed by atoms with E-state index in [4.69, 9.17) is 22.1 Å². The van der Waals surface area contributed by atoms with Crippen LogP contribution in [0.4, 0.5) is 0 Å². The van der Waals surface area contributed by atoms with Crippen LogP contribution in [0.2, 0.25) is 0 Å². The molecule has 0 aliphatic carbocycles. The number of aliphatic hydroxyl groups is 1. The summed E-state index contributed by atoms with van der Waals surface area (Å²) in [5.74, 6) is -0.847. The fourth-order valence-electron chi connectivity index (χ4n) is 2.16. The first kappa shape index (κ1) is 22.1. The van der Waals surface area contributed by atoms with Gasteiger partial charge >= 0.3 is 5.97 Å². The van der Waals surface area contributed by atoms with E-state index in [0.29, 0.717) is 11.3 Å². The molecule has 1 atom stereocenters. The molecular formula is C19H22N2O5S. The number of carbonyl (C=O) groups excluding carboxylic acids is 1. The van der Waals surface area contributed by atoms with Crippen molar-refractivity contribution in [2.45, 2.75) is 12.5 Å². The maximum atomic E-state index is 12.1. The van der Waals surface area contributed by atoms with E-state index in [9.17, 15) is 14.7 Å². The van der Waals surface area contributed by atoms with E-state index in [2.05, 4.69) is 10.6 Å². The second kappa shape index (κ2) is 11.6. The quantitative estimate of drug-likeness (QED) is 0.555. The predicted molar refractivity (Wildman–Crippen MR) is 106 cm³/mol. The molecule has 2 rings (SSSR count). The summed E-state index contributed by atoms with van der Waals surface area (Å²) >= 11 is 5.06. The largest absolute Gasteiger partial charge is 0.497 e. The number of benzene rings is 2. The first-order valence-corrected chi connectivity index (χ1v) is 8.38. The van der Waals surface area contributed by atoms with Crippen LogP contribution in [0.3, 0.4) is 0 Å².